The van der Waals surface area contributed by atoms with Crippen LogP contribution in [0.15, 0.2) is 0 Å². The molecule has 1 aliphatic rings. The lowest BCUT2D eigenvalue weighted by molar-refractivity contribution is 0.102. The van der Waals surface area contributed by atoms with Crippen molar-refractivity contribution in [2.45, 2.75) is 51.2 Å². The molecule has 2 heteroatoms. The molecule has 0 saturated heterocycles. The zero-order valence-corrected chi connectivity index (χ0v) is 8.21. The predicted octanol–water partition coefficient (Wildman–Crippen LogP) is 1.54. The van der Waals surface area contributed by atoms with Gasteiger partial charge in [-0.3, -0.25) is 0 Å². The van der Waals surface area contributed by atoms with E-state index in [0.29, 0.717) is 12.0 Å². The number of rotatable bonds is 3. The molecule has 12 heavy (non-hydrogen) atoms. The van der Waals surface area contributed by atoms with E-state index in [9.17, 15) is 5.11 Å². The van der Waals surface area contributed by atoms with Crippen LogP contribution in [-0.4, -0.2) is 24.3 Å². The van der Waals surface area contributed by atoms with Crippen molar-refractivity contribution in [2.24, 2.45) is 5.92 Å². The van der Waals surface area contributed by atoms with Crippen LogP contribution in [-0.2, 0) is 0 Å². The minimum Gasteiger partial charge on any atom is -0.392 e. The van der Waals surface area contributed by atoms with E-state index in [1.54, 1.807) is 0 Å². The van der Waals surface area contributed by atoms with Crippen LogP contribution < -0.4 is 5.32 Å². The number of nitrogens with one attached hydrogen (secondary N) is 1. The first kappa shape index (κ1) is 10.0. The molecule has 0 spiro atoms. The summed E-state index contributed by atoms with van der Waals surface area (Å²) in [5, 5.41) is 12.7. The van der Waals surface area contributed by atoms with E-state index in [2.05, 4.69) is 5.32 Å². The van der Waals surface area contributed by atoms with Crippen LogP contribution >= 0.6 is 0 Å². The van der Waals surface area contributed by atoms with Crippen molar-refractivity contribution >= 4 is 0 Å². The van der Waals surface area contributed by atoms with Crippen molar-refractivity contribution in [3.63, 3.8) is 0 Å². The number of hydrogen-bond donors (Lipinski definition) is 2. The summed E-state index contributed by atoms with van der Waals surface area (Å²) in [4.78, 5) is 0. The molecule has 2 atom stereocenters. The summed E-state index contributed by atoms with van der Waals surface area (Å²) in [6, 6.07) is 0.310. The average Bonchev–Trinajstić information content (AvgIpc) is 2.07. The van der Waals surface area contributed by atoms with Crippen molar-refractivity contribution in [3.8, 4) is 0 Å². The molecule has 72 valence electrons. The number of hydrogen-bond acceptors (Lipinski definition) is 2. The fourth-order valence-corrected chi connectivity index (χ4v) is 2.36. The van der Waals surface area contributed by atoms with Crippen LogP contribution in [0.4, 0.5) is 0 Å². The Bertz CT molecular complexity index is 119. The maximum absolute atomic E-state index is 9.50. The lowest BCUT2D eigenvalue weighted by Crippen LogP contribution is -2.42. The first-order valence-corrected chi connectivity index (χ1v) is 5.11. The molecule has 0 aromatic carbocycles. The summed E-state index contributed by atoms with van der Waals surface area (Å²) >= 11 is 0. The normalized spacial score (nSPS) is 25.2. The van der Waals surface area contributed by atoms with Crippen molar-refractivity contribution in [1.82, 2.24) is 5.32 Å². The van der Waals surface area contributed by atoms with E-state index in [4.69, 9.17) is 0 Å². The standard InChI is InChI=1S/C10H21NO/c1-8(12)10(11-2)9-6-4-3-5-7-9/h8-12H,3-7H2,1-2H3. The first-order valence-electron chi connectivity index (χ1n) is 5.11. The van der Waals surface area contributed by atoms with Gasteiger partial charge in [-0.25, -0.2) is 0 Å². The van der Waals surface area contributed by atoms with E-state index < -0.39 is 0 Å². The minimum absolute atomic E-state index is 0.210. The van der Waals surface area contributed by atoms with Gasteiger partial charge < -0.3 is 10.4 Å². The average molecular weight is 171 g/mol. The quantitative estimate of drug-likeness (QED) is 0.675. The third kappa shape index (κ3) is 2.46. The summed E-state index contributed by atoms with van der Waals surface area (Å²) in [6.45, 7) is 1.88. The summed E-state index contributed by atoms with van der Waals surface area (Å²) in [7, 11) is 1.95. The molecule has 2 unspecified atom stereocenters. The second kappa shape index (κ2) is 4.83. The third-order valence-corrected chi connectivity index (χ3v) is 3.01. The minimum atomic E-state index is -0.210. The van der Waals surface area contributed by atoms with Crippen LogP contribution in [0.5, 0.6) is 0 Å². The molecule has 0 aromatic rings. The lowest BCUT2D eigenvalue weighted by Gasteiger charge is -2.31. The van der Waals surface area contributed by atoms with E-state index in [1.165, 1.54) is 32.1 Å². The highest BCUT2D eigenvalue weighted by Crippen LogP contribution is 2.27. The molecular weight excluding hydrogens is 150 g/mol. The topological polar surface area (TPSA) is 32.3 Å². The van der Waals surface area contributed by atoms with Crippen LogP contribution in [0.25, 0.3) is 0 Å². The highest BCUT2D eigenvalue weighted by atomic mass is 16.3. The Hall–Kier alpha value is -0.0800. The van der Waals surface area contributed by atoms with Crippen LogP contribution in [0, 0.1) is 5.92 Å². The van der Waals surface area contributed by atoms with Gasteiger partial charge in [0.1, 0.15) is 0 Å². The first-order chi connectivity index (χ1) is 5.75. The number of aliphatic hydroxyl groups is 1. The fraction of sp³-hybridized carbons (Fsp3) is 1.00. The Kier molecular flexibility index (Phi) is 4.02. The summed E-state index contributed by atoms with van der Waals surface area (Å²) in [6.07, 6.45) is 6.43. The highest BCUT2D eigenvalue weighted by Gasteiger charge is 2.25. The van der Waals surface area contributed by atoms with Gasteiger partial charge in [0.15, 0.2) is 0 Å². The molecule has 0 aromatic heterocycles. The summed E-state index contributed by atoms with van der Waals surface area (Å²) in [5.41, 5.74) is 0. The molecule has 1 fully saturated rings. The summed E-state index contributed by atoms with van der Waals surface area (Å²) < 4.78 is 0. The van der Waals surface area contributed by atoms with Crippen LogP contribution in [0.2, 0.25) is 0 Å². The van der Waals surface area contributed by atoms with E-state index in [0.717, 1.165) is 0 Å². The summed E-state index contributed by atoms with van der Waals surface area (Å²) in [5.74, 6) is 0.698. The Labute approximate surface area is 75.4 Å². The Morgan fingerprint density at radius 1 is 1.25 bits per heavy atom. The Morgan fingerprint density at radius 2 is 1.83 bits per heavy atom. The monoisotopic (exact) mass is 171 g/mol. The van der Waals surface area contributed by atoms with Crippen molar-refractivity contribution < 1.29 is 5.11 Å². The molecule has 0 bridgehead atoms. The maximum Gasteiger partial charge on any atom is 0.0667 e. The SMILES string of the molecule is CNC(C(C)O)C1CCCCC1. The molecule has 1 aliphatic carbocycles. The van der Waals surface area contributed by atoms with Gasteiger partial charge in [0.2, 0.25) is 0 Å². The molecular formula is C10H21NO. The molecule has 0 amide bonds. The van der Waals surface area contributed by atoms with E-state index >= 15 is 0 Å². The van der Waals surface area contributed by atoms with Gasteiger partial charge in [0, 0.05) is 6.04 Å². The van der Waals surface area contributed by atoms with Gasteiger partial charge in [0.25, 0.3) is 0 Å². The number of likely N-dealkylation sites (N-methyl/N-ethyl adjacent to an activating group) is 1. The van der Waals surface area contributed by atoms with Crippen molar-refractivity contribution in [1.29, 1.82) is 0 Å². The maximum atomic E-state index is 9.50. The molecule has 0 radical (unpaired) electrons. The Morgan fingerprint density at radius 3 is 2.25 bits per heavy atom. The number of aliphatic hydroxyl groups excluding tert-OH is 1. The second-order valence-electron chi connectivity index (χ2n) is 3.95. The lowest BCUT2D eigenvalue weighted by atomic mass is 9.82. The zero-order valence-electron chi connectivity index (χ0n) is 8.21. The molecule has 0 heterocycles. The highest BCUT2D eigenvalue weighted by molar-refractivity contribution is 4.81. The van der Waals surface area contributed by atoms with Crippen LogP contribution in [0.1, 0.15) is 39.0 Å². The molecule has 0 aliphatic heterocycles. The van der Waals surface area contributed by atoms with E-state index in [1.807, 2.05) is 14.0 Å². The molecule has 1 rings (SSSR count). The Balaban J connectivity index is 2.40. The van der Waals surface area contributed by atoms with Crippen LogP contribution in [0.3, 0.4) is 0 Å². The van der Waals surface area contributed by atoms with Gasteiger partial charge in [-0.2, -0.15) is 0 Å². The third-order valence-electron chi connectivity index (χ3n) is 3.01. The largest absolute Gasteiger partial charge is 0.392 e. The zero-order chi connectivity index (χ0) is 8.97. The van der Waals surface area contributed by atoms with E-state index in [-0.39, 0.29) is 6.10 Å². The van der Waals surface area contributed by atoms with Gasteiger partial charge in [-0.1, -0.05) is 19.3 Å². The van der Waals surface area contributed by atoms with Gasteiger partial charge >= 0.3 is 0 Å². The smallest absolute Gasteiger partial charge is 0.0667 e. The molecule has 2 nitrogen and oxygen atoms in total. The second-order valence-corrected chi connectivity index (χ2v) is 3.95. The van der Waals surface area contributed by atoms with Gasteiger partial charge in [-0.15, -0.1) is 0 Å². The van der Waals surface area contributed by atoms with Crippen molar-refractivity contribution in [3.05, 3.63) is 0 Å². The van der Waals surface area contributed by atoms with Gasteiger partial charge in [-0.05, 0) is 32.7 Å². The molecule has 2 N–H and O–H groups in total. The van der Waals surface area contributed by atoms with Crippen molar-refractivity contribution in [2.75, 3.05) is 7.05 Å². The molecule has 1 saturated carbocycles. The fourth-order valence-electron chi connectivity index (χ4n) is 2.36. The predicted molar refractivity (Wildman–Crippen MR) is 51.1 cm³/mol. The van der Waals surface area contributed by atoms with Gasteiger partial charge in [0.05, 0.1) is 6.10 Å².